The average molecular weight is 377 g/mol. The van der Waals surface area contributed by atoms with Gasteiger partial charge in [-0.25, -0.2) is 0 Å². The van der Waals surface area contributed by atoms with Crippen molar-refractivity contribution >= 4 is 18.3 Å². The first-order valence-corrected chi connectivity index (χ1v) is 8.75. The summed E-state index contributed by atoms with van der Waals surface area (Å²) in [6.45, 7) is 5.35. The van der Waals surface area contributed by atoms with Crippen LogP contribution in [0.2, 0.25) is 0 Å². The summed E-state index contributed by atoms with van der Waals surface area (Å²) in [5.41, 5.74) is 7.77. The van der Waals surface area contributed by atoms with Crippen molar-refractivity contribution in [3.8, 4) is 5.75 Å². The number of nitrogens with zero attached hydrogens (tertiary/aromatic N) is 1. The van der Waals surface area contributed by atoms with Crippen molar-refractivity contribution < 1.29 is 9.53 Å². The van der Waals surface area contributed by atoms with Crippen LogP contribution in [0.4, 0.5) is 0 Å². The van der Waals surface area contributed by atoms with E-state index >= 15 is 0 Å². The molecule has 0 bridgehead atoms. The fourth-order valence-corrected chi connectivity index (χ4v) is 2.42. The number of hydrogen-bond donors (Lipinski definition) is 1. The number of halogens is 1. The number of carbonyl (C=O) groups is 1. The molecule has 2 aromatic carbocycles. The van der Waals surface area contributed by atoms with Crippen LogP contribution in [0.15, 0.2) is 54.6 Å². The van der Waals surface area contributed by atoms with Crippen LogP contribution in [0.5, 0.6) is 5.75 Å². The van der Waals surface area contributed by atoms with Gasteiger partial charge in [0.2, 0.25) is 0 Å². The van der Waals surface area contributed by atoms with Gasteiger partial charge in [0.15, 0.2) is 0 Å². The van der Waals surface area contributed by atoms with Crippen LogP contribution in [-0.2, 0) is 6.61 Å². The Balaban J connectivity index is 0.00000338. The molecular formula is C21H29ClN2O2. The maximum absolute atomic E-state index is 12.5. The van der Waals surface area contributed by atoms with Crippen molar-refractivity contribution in [3.63, 3.8) is 0 Å². The van der Waals surface area contributed by atoms with Crippen LogP contribution < -0.4 is 10.5 Å². The van der Waals surface area contributed by atoms with Crippen molar-refractivity contribution in [2.24, 2.45) is 11.7 Å². The van der Waals surface area contributed by atoms with Crippen molar-refractivity contribution in [1.82, 2.24) is 4.90 Å². The van der Waals surface area contributed by atoms with E-state index in [4.69, 9.17) is 10.5 Å². The Bertz CT molecular complexity index is 659. The molecule has 2 aromatic rings. The number of nitrogens with two attached hydrogens (primary N) is 1. The molecule has 0 aromatic heterocycles. The summed E-state index contributed by atoms with van der Waals surface area (Å²) in [5, 5.41) is 0. The average Bonchev–Trinajstić information content (AvgIpc) is 2.64. The Hall–Kier alpha value is -2.04. The molecule has 0 spiro atoms. The molecule has 0 aliphatic heterocycles. The second kappa shape index (κ2) is 10.8. The molecule has 2 N–H and O–H groups in total. The second-order valence-corrected chi connectivity index (χ2v) is 6.72. The van der Waals surface area contributed by atoms with E-state index in [0.717, 1.165) is 17.7 Å². The van der Waals surface area contributed by atoms with Gasteiger partial charge >= 0.3 is 0 Å². The number of benzene rings is 2. The molecule has 0 aliphatic carbocycles. The second-order valence-electron chi connectivity index (χ2n) is 6.72. The first kappa shape index (κ1) is 22.0. The Morgan fingerprint density at radius 2 is 1.69 bits per heavy atom. The van der Waals surface area contributed by atoms with Crippen LogP contribution in [0.1, 0.15) is 36.2 Å². The van der Waals surface area contributed by atoms with Gasteiger partial charge in [0.1, 0.15) is 12.4 Å². The third-order valence-corrected chi connectivity index (χ3v) is 4.35. The molecule has 5 heteroatoms. The molecular weight excluding hydrogens is 348 g/mol. The molecule has 1 unspecified atom stereocenters. The van der Waals surface area contributed by atoms with Crippen molar-refractivity contribution in [2.75, 3.05) is 13.6 Å². The Morgan fingerprint density at radius 1 is 1.08 bits per heavy atom. The highest BCUT2D eigenvalue weighted by atomic mass is 35.5. The van der Waals surface area contributed by atoms with E-state index in [2.05, 4.69) is 13.8 Å². The van der Waals surface area contributed by atoms with Crippen LogP contribution in [0.25, 0.3) is 0 Å². The summed E-state index contributed by atoms with van der Waals surface area (Å²) < 4.78 is 5.72. The van der Waals surface area contributed by atoms with Crippen LogP contribution >= 0.6 is 12.4 Å². The van der Waals surface area contributed by atoms with Gasteiger partial charge in [-0.05, 0) is 42.2 Å². The lowest BCUT2D eigenvalue weighted by Gasteiger charge is -2.21. The van der Waals surface area contributed by atoms with Crippen molar-refractivity contribution in [1.29, 1.82) is 0 Å². The minimum absolute atomic E-state index is 0. The van der Waals surface area contributed by atoms with Gasteiger partial charge in [-0.1, -0.05) is 44.2 Å². The van der Waals surface area contributed by atoms with E-state index in [9.17, 15) is 4.79 Å². The Morgan fingerprint density at radius 3 is 2.27 bits per heavy atom. The number of rotatable bonds is 8. The molecule has 26 heavy (non-hydrogen) atoms. The molecule has 0 saturated heterocycles. The predicted octanol–water partition coefficient (Wildman–Crippen LogP) is 4.13. The molecule has 1 atom stereocenters. The molecule has 4 nitrogen and oxygen atoms in total. The maximum atomic E-state index is 12.5. The molecule has 1 amide bonds. The number of amides is 1. The third-order valence-electron chi connectivity index (χ3n) is 4.35. The van der Waals surface area contributed by atoms with E-state index in [-0.39, 0.29) is 24.4 Å². The summed E-state index contributed by atoms with van der Waals surface area (Å²) in [4.78, 5) is 14.2. The van der Waals surface area contributed by atoms with Gasteiger partial charge in [0.25, 0.3) is 5.91 Å². The van der Waals surface area contributed by atoms with Gasteiger partial charge in [0.05, 0.1) is 0 Å². The molecule has 0 aliphatic rings. The fraction of sp³-hybridized carbons (Fsp3) is 0.381. The largest absolute Gasteiger partial charge is 0.489 e. The van der Waals surface area contributed by atoms with E-state index in [1.54, 1.807) is 4.90 Å². The van der Waals surface area contributed by atoms with E-state index in [1.807, 2.05) is 61.6 Å². The minimum atomic E-state index is 0. The van der Waals surface area contributed by atoms with Gasteiger partial charge in [-0.3, -0.25) is 4.79 Å². The highest BCUT2D eigenvalue weighted by Crippen LogP contribution is 2.13. The van der Waals surface area contributed by atoms with Crippen molar-refractivity contribution in [2.45, 2.75) is 32.9 Å². The first-order chi connectivity index (χ1) is 12.0. The van der Waals surface area contributed by atoms with Crippen LogP contribution in [-0.4, -0.2) is 30.4 Å². The molecule has 0 radical (unpaired) electrons. The lowest BCUT2D eigenvalue weighted by molar-refractivity contribution is 0.0789. The van der Waals surface area contributed by atoms with Crippen molar-refractivity contribution in [3.05, 3.63) is 65.7 Å². The third kappa shape index (κ3) is 6.70. The van der Waals surface area contributed by atoms with Gasteiger partial charge in [0, 0.05) is 25.2 Å². The molecule has 0 heterocycles. The SMILES string of the molecule is CC(C)C(N)CCN(C)C(=O)c1ccc(COc2ccccc2)cc1.Cl. The molecule has 142 valence electrons. The topological polar surface area (TPSA) is 55.6 Å². The summed E-state index contributed by atoms with van der Waals surface area (Å²) in [6, 6.07) is 17.4. The highest BCUT2D eigenvalue weighted by molar-refractivity contribution is 5.94. The summed E-state index contributed by atoms with van der Waals surface area (Å²) in [6.07, 6.45) is 0.808. The summed E-state index contributed by atoms with van der Waals surface area (Å²) >= 11 is 0. The normalized spacial score (nSPS) is 11.6. The Kier molecular flexibility index (Phi) is 9.17. The maximum Gasteiger partial charge on any atom is 0.253 e. The zero-order valence-electron chi connectivity index (χ0n) is 15.7. The number of carbonyl (C=O) groups excluding carboxylic acids is 1. The standard InChI is InChI=1S/C21H28N2O2.ClH/c1-16(2)20(22)13-14-23(3)21(24)18-11-9-17(10-12-18)15-25-19-7-5-4-6-8-19;/h4-12,16,20H,13-15,22H2,1-3H3;1H. The van der Waals surface area contributed by atoms with Gasteiger partial charge < -0.3 is 15.4 Å². The number of para-hydroxylation sites is 1. The lowest BCUT2D eigenvalue weighted by atomic mass is 10.0. The quantitative estimate of drug-likeness (QED) is 0.753. The van der Waals surface area contributed by atoms with E-state index in [1.165, 1.54) is 0 Å². The summed E-state index contributed by atoms with van der Waals surface area (Å²) in [7, 11) is 1.82. The number of ether oxygens (including phenoxy) is 1. The molecule has 0 saturated carbocycles. The first-order valence-electron chi connectivity index (χ1n) is 8.75. The van der Waals surface area contributed by atoms with E-state index < -0.39 is 0 Å². The minimum Gasteiger partial charge on any atom is -0.489 e. The highest BCUT2D eigenvalue weighted by Gasteiger charge is 2.14. The lowest BCUT2D eigenvalue weighted by Crippen LogP contribution is -2.34. The smallest absolute Gasteiger partial charge is 0.253 e. The summed E-state index contributed by atoms with van der Waals surface area (Å²) in [5.74, 6) is 1.28. The Labute approximate surface area is 162 Å². The van der Waals surface area contributed by atoms with E-state index in [0.29, 0.717) is 24.6 Å². The number of hydrogen-bond acceptors (Lipinski definition) is 3. The predicted molar refractivity (Wildman–Crippen MR) is 109 cm³/mol. The molecule has 0 fully saturated rings. The fourth-order valence-electron chi connectivity index (χ4n) is 2.42. The zero-order valence-corrected chi connectivity index (χ0v) is 16.5. The van der Waals surface area contributed by atoms with Crippen LogP contribution in [0.3, 0.4) is 0 Å². The van der Waals surface area contributed by atoms with Crippen LogP contribution in [0, 0.1) is 5.92 Å². The monoisotopic (exact) mass is 376 g/mol. The van der Waals surface area contributed by atoms with Gasteiger partial charge in [-0.15, -0.1) is 12.4 Å². The molecule has 2 rings (SSSR count). The zero-order chi connectivity index (χ0) is 18.2. The van der Waals surface area contributed by atoms with Gasteiger partial charge in [-0.2, -0.15) is 0 Å².